The number of ketones is 1. The number of fused-ring (bicyclic) bond motifs is 1. The Morgan fingerprint density at radius 2 is 1.93 bits per heavy atom. The normalized spacial score (nSPS) is 12.4. The van der Waals surface area contributed by atoms with Crippen LogP contribution in [0.2, 0.25) is 5.02 Å². The number of aromatic amines is 1. The first kappa shape index (κ1) is 17.8. The molecule has 1 atom stereocenters. The number of benzene rings is 2. The molecule has 0 aliphatic heterocycles. The highest BCUT2D eigenvalue weighted by Crippen LogP contribution is 2.29. The molecular formula is C19H16ClN5OS. The number of hydrogen-bond acceptors (Lipinski definition) is 5. The molecule has 2 aromatic carbocycles. The number of Topliss-reactive ketones (excluding diaryl/α,β-unsaturated/α-hetero) is 1. The van der Waals surface area contributed by atoms with E-state index in [1.54, 1.807) is 16.8 Å². The molecular weight excluding hydrogens is 382 g/mol. The van der Waals surface area contributed by atoms with E-state index in [9.17, 15) is 4.79 Å². The third kappa shape index (κ3) is 3.36. The van der Waals surface area contributed by atoms with Gasteiger partial charge in [0, 0.05) is 27.2 Å². The minimum Gasteiger partial charge on any atom is -0.358 e. The van der Waals surface area contributed by atoms with Gasteiger partial charge < -0.3 is 4.98 Å². The highest BCUT2D eigenvalue weighted by Gasteiger charge is 2.24. The lowest BCUT2D eigenvalue weighted by Gasteiger charge is -2.10. The Bertz CT molecular complexity index is 1120. The molecule has 0 spiro atoms. The molecule has 0 fully saturated rings. The van der Waals surface area contributed by atoms with Crippen molar-refractivity contribution >= 4 is 40.0 Å². The number of para-hydroxylation sites is 1. The van der Waals surface area contributed by atoms with Gasteiger partial charge in [0.15, 0.2) is 5.78 Å². The van der Waals surface area contributed by atoms with E-state index in [0.717, 1.165) is 27.8 Å². The van der Waals surface area contributed by atoms with Crippen LogP contribution in [0.3, 0.4) is 0 Å². The van der Waals surface area contributed by atoms with Crippen LogP contribution in [0.25, 0.3) is 16.6 Å². The molecule has 0 unspecified atom stereocenters. The minimum atomic E-state index is -0.347. The molecule has 27 heavy (non-hydrogen) atoms. The van der Waals surface area contributed by atoms with Gasteiger partial charge in [0.05, 0.1) is 10.9 Å². The summed E-state index contributed by atoms with van der Waals surface area (Å²) in [5, 5.41) is 13.6. The highest BCUT2D eigenvalue weighted by molar-refractivity contribution is 8.00. The zero-order chi connectivity index (χ0) is 19.0. The van der Waals surface area contributed by atoms with Gasteiger partial charge in [-0.3, -0.25) is 4.79 Å². The van der Waals surface area contributed by atoms with Crippen molar-refractivity contribution in [1.29, 1.82) is 0 Å². The number of hydrogen-bond donors (Lipinski definition) is 1. The number of H-pyrrole nitrogens is 1. The first-order chi connectivity index (χ1) is 13.0. The summed E-state index contributed by atoms with van der Waals surface area (Å²) in [5.41, 5.74) is 3.33. The number of nitrogens with zero attached hydrogens (tertiary/aromatic N) is 4. The van der Waals surface area contributed by atoms with Crippen molar-refractivity contribution in [1.82, 2.24) is 25.2 Å². The summed E-state index contributed by atoms with van der Waals surface area (Å²) >= 11 is 7.27. The van der Waals surface area contributed by atoms with Crippen LogP contribution in [-0.4, -0.2) is 36.2 Å². The van der Waals surface area contributed by atoms with Crippen molar-refractivity contribution in [2.24, 2.45) is 0 Å². The predicted molar refractivity (Wildman–Crippen MR) is 107 cm³/mol. The molecule has 2 aromatic heterocycles. The van der Waals surface area contributed by atoms with Gasteiger partial charge >= 0.3 is 0 Å². The number of thioether (sulfide) groups is 1. The highest BCUT2D eigenvalue weighted by atomic mass is 35.5. The second-order valence-corrected chi connectivity index (χ2v) is 7.89. The van der Waals surface area contributed by atoms with E-state index in [4.69, 9.17) is 11.6 Å². The third-order valence-electron chi connectivity index (χ3n) is 4.30. The molecule has 0 aliphatic carbocycles. The fourth-order valence-electron chi connectivity index (χ4n) is 3.01. The molecule has 2 heterocycles. The summed E-state index contributed by atoms with van der Waals surface area (Å²) in [6, 6.07) is 15.0. The maximum absolute atomic E-state index is 13.1. The second kappa shape index (κ2) is 7.17. The van der Waals surface area contributed by atoms with Gasteiger partial charge in [0.25, 0.3) is 0 Å². The quantitative estimate of drug-likeness (QED) is 0.397. The second-order valence-electron chi connectivity index (χ2n) is 6.14. The van der Waals surface area contributed by atoms with E-state index < -0.39 is 0 Å². The van der Waals surface area contributed by atoms with E-state index in [2.05, 4.69) is 20.5 Å². The molecule has 136 valence electrons. The average molecular weight is 398 g/mol. The molecule has 0 aliphatic rings. The third-order valence-corrected chi connectivity index (χ3v) is 5.59. The molecule has 0 amide bonds. The molecule has 6 nitrogen and oxygen atoms in total. The van der Waals surface area contributed by atoms with Gasteiger partial charge in [-0.1, -0.05) is 41.6 Å². The minimum absolute atomic E-state index is 0.0422. The van der Waals surface area contributed by atoms with Crippen molar-refractivity contribution < 1.29 is 4.79 Å². The molecule has 4 aromatic rings. The summed E-state index contributed by atoms with van der Waals surface area (Å²) in [5.74, 6) is 0.0422. The Morgan fingerprint density at radius 3 is 2.70 bits per heavy atom. The van der Waals surface area contributed by atoms with Crippen LogP contribution in [0, 0.1) is 6.92 Å². The zero-order valence-corrected chi connectivity index (χ0v) is 16.3. The fraction of sp³-hybridized carbons (Fsp3) is 0.158. The van der Waals surface area contributed by atoms with E-state index in [0.29, 0.717) is 10.2 Å². The van der Waals surface area contributed by atoms with Crippen LogP contribution < -0.4 is 0 Å². The smallest absolute Gasteiger partial charge is 0.214 e. The van der Waals surface area contributed by atoms with Crippen molar-refractivity contribution in [3.63, 3.8) is 0 Å². The number of carbonyl (C=O) groups excluding carboxylic acids is 1. The SMILES string of the molecule is Cc1[nH]c2ccccc2c1C(=O)[C@H](C)Sc1nnnn1-c1ccc(Cl)cc1. The summed E-state index contributed by atoms with van der Waals surface area (Å²) in [7, 11) is 0. The first-order valence-corrected chi connectivity index (χ1v) is 9.63. The van der Waals surface area contributed by atoms with Crippen molar-refractivity contribution in [3.8, 4) is 5.69 Å². The van der Waals surface area contributed by atoms with Crippen molar-refractivity contribution in [3.05, 3.63) is 64.8 Å². The molecule has 4 rings (SSSR count). The number of nitrogens with one attached hydrogen (secondary N) is 1. The predicted octanol–water partition coefficient (Wildman–Crippen LogP) is 4.47. The summed E-state index contributed by atoms with van der Waals surface area (Å²) in [6.45, 7) is 3.79. The van der Waals surface area contributed by atoms with Gasteiger partial charge in [0.1, 0.15) is 0 Å². The van der Waals surface area contributed by atoms with Gasteiger partial charge in [-0.25, -0.2) is 0 Å². The molecule has 0 saturated heterocycles. The standard InChI is InChI=1S/C19H16ClN5OS/c1-11-17(15-5-3-4-6-16(15)21-11)18(26)12(2)27-19-22-23-24-25(19)14-9-7-13(20)8-10-14/h3-10,12,21H,1-2H3/t12-/m0/s1. The van der Waals surface area contributed by atoms with Gasteiger partial charge in [-0.15, -0.1) is 5.10 Å². The molecule has 0 saturated carbocycles. The molecule has 8 heteroatoms. The Morgan fingerprint density at radius 1 is 1.19 bits per heavy atom. The lowest BCUT2D eigenvalue weighted by atomic mass is 10.1. The number of rotatable bonds is 5. The average Bonchev–Trinajstić information content (AvgIpc) is 3.25. The zero-order valence-electron chi connectivity index (χ0n) is 14.7. The number of aryl methyl sites for hydroxylation is 1. The Balaban J connectivity index is 1.62. The summed E-state index contributed by atoms with van der Waals surface area (Å²) in [6.07, 6.45) is 0. The Kier molecular flexibility index (Phi) is 4.72. The van der Waals surface area contributed by atoms with Crippen molar-refractivity contribution in [2.45, 2.75) is 24.3 Å². The topological polar surface area (TPSA) is 76.5 Å². The maximum Gasteiger partial charge on any atom is 0.214 e. The van der Waals surface area contributed by atoms with Crippen LogP contribution >= 0.6 is 23.4 Å². The number of tetrazole rings is 1. The van der Waals surface area contributed by atoms with E-state index in [-0.39, 0.29) is 11.0 Å². The number of carbonyl (C=O) groups is 1. The molecule has 0 bridgehead atoms. The number of halogens is 1. The van der Waals surface area contributed by atoms with Crippen LogP contribution in [0.1, 0.15) is 23.0 Å². The molecule has 0 radical (unpaired) electrons. The Labute approximate surface area is 164 Å². The monoisotopic (exact) mass is 397 g/mol. The van der Waals surface area contributed by atoms with Gasteiger partial charge in [0.2, 0.25) is 5.16 Å². The van der Waals surface area contributed by atoms with Crippen LogP contribution in [-0.2, 0) is 0 Å². The van der Waals surface area contributed by atoms with E-state index in [1.807, 2.05) is 50.2 Å². The first-order valence-electron chi connectivity index (χ1n) is 8.37. The summed E-state index contributed by atoms with van der Waals surface area (Å²) < 4.78 is 1.60. The van der Waals surface area contributed by atoms with Crippen LogP contribution in [0.5, 0.6) is 0 Å². The largest absolute Gasteiger partial charge is 0.358 e. The Hall–Kier alpha value is -2.64. The molecule has 1 N–H and O–H groups in total. The summed E-state index contributed by atoms with van der Waals surface area (Å²) in [4.78, 5) is 16.4. The van der Waals surface area contributed by atoms with E-state index in [1.165, 1.54) is 11.8 Å². The number of aromatic nitrogens is 5. The maximum atomic E-state index is 13.1. The lowest BCUT2D eigenvalue weighted by molar-refractivity contribution is 0.0995. The van der Waals surface area contributed by atoms with Crippen molar-refractivity contribution in [2.75, 3.05) is 0 Å². The van der Waals surface area contributed by atoms with E-state index >= 15 is 0 Å². The fourth-order valence-corrected chi connectivity index (χ4v) is 4.00. The van der Waals surface area contributed by atoms with Gasteiger partial charge in [-0.05, 0) is 54.6 Å². The van der Waals surface area contributed by atoms with Gasteiger partial charge in [-0.2, -0.15) is 4.68 Å². The van der Waals surface area contributed by atoms with Crippen LogP contribution in [0.15, 0.2) is 53.7 Å². The van der Waals surface area contributed by atoms with Crippen LogP contribution in [0.4, 0.5) is 0 Å². The lowest BCUT2D eigenvalue weighted by Crippen LogP contribution is -2.15.